The maximum Gasteiger partial charge on any atom is 0.330 e. The summed E-state index contributed by atoms with van der Waals surface area (Å²) in [5.74, 6) is -1.65. The van der Waals surface area contributed by atoms with Crippen LogP contribution in [0.5, 0.6) is 0 Å². The molecule has 0 saturated heterocycles. The van der Waals surface area contributed by atoms with Crippen LogP contribution in [0.15, 0.2) is 24.3 Å². The van der Waals surface area contributed by atoms with Crippen molar-refractivity contribution < 1.29 is 14.7 Å². The molecule has 1 aromatic rings. The summed E-state index contributed by atoms with van der Waals surface area (Å²) in [6.45, 7) is 1.99. The van der Waals surface area contributed by atoms with Crippen LogP contribution >= 0.6 is 11.6 Å². The first-order chi connectivity index (χ1) is 9.47. The second-order valence-electron chi connectivity index (χ2n) is 4.55. The lowest BCUT2D eigenvalue weighted by Crippen LogP contribution is -2.44. The summed E-state index contributed by atoms with van der Waals surface area (Å²) < 4.78 is 0. The topological polar surface area (TPSA) is 92.4 Å². The van der Waals surface area contributed by atoms with Gasteiger partial charge in [-0.2, -0.15) is 0 Å². The number of unbranched alkanes of at least 4 members (excludes halogenated alkanes) is 1. The Kier molecular flexibility index (Phi) is 6.48. The van der Waals surface area contributed by atoms with Gasteiger partial charge in [0.1, 0.15) is 0 Å². The number of rotatable bonds is 7. The molecule has 5 nitrogen and oxygen atoms in total. The van der Waals surface area contributed by atoms with Crippen molar-refractivity contribution in [3.63, 3.8) is 0 Å². The van der Waals surface area contributed by atoms with Gasteiger partial charge in [0.25, 0.3) is 0 Å². The van der Waals surface area contributed by atoms with Gasteiger partial charge in [0.15, 0.2) is 6.04 Å². The Labute approximate surface area is 123 Å². The van der Waals surface area contributed by atoms with Gasteiger partial charge in [-0.05, 0) is 12.5 Å². The van der Waals surface area contributed by atoms with Gasteiger partial charge in [-0.25, -0.2) is 4.79 Å². The summed E-state index contributed by atoms with van der Waals surface area (Å²) in [7, 11) is 0. The number of benzene rings is 1. The molecule has 0 radical (unpaired) electrons. The molecule has 0 aliphatic carbocycles. The van der Waals surface area contributed by atoms with Gasteiger partial charge in [0, 0.05) is 10.6 Å². The summed E-state index contributed by atoms with van der Waals surface area (Å²) in [6, 6.07) is 4.61. The minimum Gasteiger partial charge on any atom is -0.479 e. The van der Waals surface area contributed by atoms with E-state index in [1.807, 2.05) is 6.92 Å². The third kappa shape index (κ3) is 4.51. The second kappa shape index (κ2) is 7.87. The van der Waals surface area contributed by atoms with Crippen LogP contribution in [-0.4, -0.2) is 23.0 Å². The maximum absolute atomic E-state index is 11.9. The first-order valence-electron chi connectivity index (χ1n) is 6.50. The molecule has 1 rings (SSSR count). The van der Waals surface area contributed by atoms with Crippen molar-refractivity contribution in [3.8, 4) is 0 Å². The molecule has 4 N–H and O–H groups in total. The minimum atomic E-state index is -1.19. The lowest BCUT2D eigenvalue weighted by Gasteiger charge is -2.19. The van der Waals surface area contributed by atoms with Crippen LogP contribution in [0.25, 0.3) is 0 Å². The molecule has 1 unspecified atom stereocenters. The summed E-state index contributed by atoms with van der Waals surface area (Å²) >= 11 is 5.96. The number of hydrogen-bond donors (Lipinski definition) is 3. The Morgan fingerprint density at radius 3 is 2.60 bits per heavy atom. The molecule has 2 atom stereocenters. The Hall–Kier alpha value is -1.59. The molecule has 6 heteroatoms. The predicted octanol–water partition coefficient (Wildman–Crippen LogP) is 2.10. The average molecular weight is 299 g/mol. The molecule has 0 saturated carbocycles. The van der Waals surface area contributed by atoms with Crippen LogP contribution < -0.4 is 11.1 Å². The number of carbonyl (C=O) groups is 2. The van der Waals surface area contributed by atoms with Gasteiger partial charge in [-0.3, -0.25) is 4.79 Å². The fourth-order valence-electron chi connectivity index (χ4n) is 1.79. The molecule has 0 aliphatic rings. The maximum atomic E-state index is 11.9. The quantitative estimate of drug-likeness (QED) is 0.719. The second-order valence-corrected chi connectivity index (χ2v) is 4.96. The zero-order chi connectivity index (χ0) is 15.1. The van der Waals surface area contributed by atoms with Crippen LogP contribution in [0.4, 0.5) is 0 Å². The van der Waals surface area contributed by atoms with Gasteiger partial charge in [-0.1, -0.05) is 49.6 Å². The van der Waals surface area contributed by atoms with E-state index < -0.39 is 24.0 Å². The molecule has 110 valence electrons. The summed E-state index contributed by atoms with van der Waals surface area (Å²) in [6.07, 6.45) is 2.27. The van der Waals surface area contributed by atoms with E-state index in [2.05, 4.69) is 5.32 Å². The molecule has 0 heterocycles. The largest absolute Gasteiger partial charge is 0.479 e. The van der Waals surface area contributed by atoms with Crippen LogP contribution in [0.3, 0.4) is 0 Å². The Bertz CT molecular complexity index is 479. The SMILES string of the molecule is CCCCC(N)C(=O)N[C@@H](C(=O)O)c1ccccc1Cl. The molecule has 0 fully saturated rings. The number of nitrogens with two attached hydrogens (primary N) is 1. The van der Waals surface area contributed by atoms with Crippen molar-refractivity contribution in [1.29, 1.82) is 0 Å². The molecule has 1 aromatic carbocycles. The minimum absolute atomic E-state index is 0.294. The van der Waals surface area contributed by atoms with E-state index in [0.29, 0.717) is 17.0 Å². The number of carbonyl (C=O) groups excluding carboxylic acids is 1. The number of carboxylic acids is 1. The number of aliphatic carboxylic acids is 1. The highest BCUT2D eigenvalue weighted by Crippen LogP contribution is 2.23. The van der Waals surface area contributed by atoms with E-state index in [4.69, 9.17) is 17.3 Å². The summed E-state index contributed by atoms with van der Waals surface area (Å²) in [5, 5.41) is 12.0. The number of nitrogens with one attached hydrogen (secondary N) is 1. The van der Waals surface area contributed by atoms with Gasteiger partial charge < -0.3 is 16.2 Å². The van der Waals surface area contributed by atoms with Crippen LogP contribution in [0, 0.1) is 0 Å². The van der Waals surface area contributed by atoms with E-state index in [1.165, 1.54) is 0 Å². The lowest BCUT2D eigenvalue weighted by molar-refractivity contribution is -0.142. The van der Waals surface area contributed by atoms with Crippen molar-refractivity contribution in [2.75, 3.05) is 0 Å². The van der Waals surface area contributed by atoms with Crippen LogP contribution in [-0.2, 0) is 9.59 Å². The van der Waals surface area contributed by atoms with Gasteiger partial charge in [-0.15, -0.1) is 0 Å². The number of carboxylic acid groups (broad SMARTS) is 1. The highest BCUT2D eigenvalue weighted by Gasteiger charge is 2.26. The fourth-order valence-corrected chi connectivity index (χ4v) is 2.03. The number of amides is 1. The Morgan fingerprint density at radius 2 is 2.05 bits per heavy atom. The molecular formula is C14H19ClN2O3. The number of hydrogen-bond acceptors (Lipinski definition) is 3. The summed E-state index contributed by atoms with van der Waals surface area (Å²) in [5.41, 5.74) is 6.08. The van der Waals surface area contributed by atoms with Gasteiger partial charge >= 0.3 is 5.97 Å². The van der Waals surface area contributed by atoms with Crippen LogP contribution in [0.2, 0.25) is 5.02 Å². The van der Waals surface area contributed by atoms with Crippen LogP contribution in [0.1, 0.15) is 37.8 Å². The van der Waals surface area contributed by atoms with E-state index in [1.54, 1.807) is 24.3 Å². The summed E-state index contributed by atoms with van der Waals surface area (Å²) in [4.78, 5) is 23.2. The monoisotopic (exact) mass is 298 g/mol. The zero-order valence-corrected chi connectivity index (χ0v) is 12.1. The smallest absolute Gasteiger partial charge is 0.330 e. The Balaban J connectivity index is 2.81. The standard InChI is InChI=1S/C14H19ClN2O3/c1-2-3-8-11(16)13(18)17-12(14(19)20)9-6-4-5-7-10(9)15/h4-7,11-12H,2-3,8,16H2,1H3,(H,17,18)(H,19,20)/t11?,12-/m1/s1. The average Bonchev–Trinajstić information content (AvgIpc) is 2.42. The lowest BCUT2D eigenvalue weighted by atomic mass is 10.1. The molecule has 0 bridgehead atoms. The number of halogens is 1. The van der Waals surface area contributed by atoms with Gasteiger partial charge in [0.05, 0.1) is 6.04 Å². The first kappa shape index (κ1) is 16.5. The highest BCUT2D eigenvalue weighted by molar-refractivity contribution is 6.31. The fraction of sp³-hybridized carbons (Fsp3) is 0.429. The van der Waals surface area contributed by atoms with Crippen molar-refractivity contribution in [3.05, 3.63) is 34.9 Å². The first-order valence-corrected chi connectivity index (χ1v) is 6.88. The van der Waals surface area contributed by atoms with E-state index in [-0.39, 0.29) is 0 Å². The van der Waals surface area contributed by atoms with Crippen molar-refractivity contribution in [1.82, 2.24) is 5.32 Å². The van der Waals surface area contributed by atoms with Crippen molar-refractivity contribution in [2.24, 2.45) is 5.73 Å². The van der Waals surface area contributed by atoms with Crippen molar-refractivity contribution in [2.45, 2.75) is 38.3 Å². The van der Waals surface area contributed by atoms with Crippen molar-refractivity contribution >= 4 is 23.5 Å². The third-order valence-electron chi connectivity index (χ3n) is 2.96. The molecule has 0 aromatic heterocycles. The zero-order valence-electron chi connectivity index (χ0n) is 11.3. The molecule has 0 aliphatic heterocycles. The molecule has 0 spiro atoms. The normalized spacial score (nSPS) is 13.6. The Morgan fingerprint density at radius 1 is 1.40 bits per heavy atom. The highest BCUT2D eigenvalue weighted by atomic mass is 35.5. The van der Waals surface area contributed by atoms with E-state index in [0.717, 1.165) is 12.8 Å². The predicted molar refractivity (Wildman–Crippen MR) is 77.5 cm³/mol. The molecule has 1 amide bonds. The van der Waals surface area contributed by atoms with Gasteiger partial charge in [0.2, 0.25) is 5.91 Å². The van der Waals surface area contributed by atoms with E-state index in [9.17, 15) is 14.7 Å². The van der Waals surface area contributed by atoms with E-state index >= 15 is 0 Å². The third-order valence-corrected chi connectivity index (χ3v) is 3.30. The molecule has 20 heavy (non-hydrogen) atoms. The molecular weight excluding hydrogens is 280 g/mol.